The SMILES string of the molecule is CN=C(NCCCn1nc(C)cc1C)NCc1ccc(CN2CCOCC2)cc1.I. The van der Waals surface area contributed by atoms with E-state index in [0.29, 0.717) is 0 Å². The van der Waals surface area contributed by atoms with Gasteiger partial charge in [0, 0.05) is 52.0 Å². The summed E-state index contributed by atoms with van der Waals surface area (Å²) in [4.78, 5) is 6.76. The molecule has 2 N–H and O–H groups in total. The van der Waals surface area contributed by atoms with Gasteiger partial charge in [-0.05, 0) is 37.5 Å². The highest BCUT2D eigenvalue weighted by Gasteiger charge is 2.10. The maximum atomic E-state index is 5.41. The first-order valence-electron chi connectivity index (χ1n) is 10.5. The summed E-state index contributed by atoms with van der Waals surface area (Å²) in [6.45, 7) is 11.4. The number of halogens is 1. The molecular formula is C22H35IN6O. The Kier molecular flexibility index (Phi) is 10.6. The number of morpholine rings is 1. The summed E-state index contributed by atoms with van der Waals surface area (Å²) in [7, 11) is 1.81. The average Bonchev–Trinajstić information content (AvgIpc) is 3.06. The Morgan fingerprint density at radius 3 is 2.43 bits per heavy atom. The summed E-state index contributed by atoms with van der Waals surface area (Å²) in [5, 5.41) is 11.3. The van der Waals surface area contributed by atoms with Gasteiger partial charge in [-0.3, -0.25) is 14.6 Å². The molecule has 0 bridgehead atoms. The molecule has 0 unspecified atom stereocenters. The van der Waals surface area contributed by atoms with E-state index >= 15 is 0 Å². The van der Waals surface area contributed by atoms with Gasteiger partial charge in [-0.2, -0.15) is 5.10 Å². The van der Waals surface area contributed by atoms with Crippen molar-refractivity contribution in [3.63, 3.8) is 0 Å². The summed E-state index contributed by atoms with van der Waals surface area (Å²) in [5.41, 5.74) is 4.88. The van der Waals surface area contributed by atoms with Crippen LogP contribution in [-0.2, 0) is 24.4 Å². The molecule has 0 atom stereocenters. The van der Waals surface area contributed by atoms with Crippen molar-refractivity contribution in [2.24, 2.45) is 4.99 Å². The first kappa shape index (κ1) is 24.6. The Bertz CT molecular complexity index is 783. The van der Waals surface area contributed by atoms with Gasteiger partial charge in [0.25, 0.3) is 0 Å². The van der Waals surface area contributed by atoms with E-state index < -0.39 is 0 Å². The van der Waals surface area contributed by atoms with E-state index in [-0.39, 0.29) is 24.0 Å². The molecule has 0 amide bonds. The van der Waals surface area contributed by atoms with Crippen molar-refractivity contribution >= 4 is 29.9 Å². The summed E-state index contributed by atoms with van der Waals surface area (Å²) >= 11 is 0. The topological polar surface area (TPSA) is 66.7 Å². The van der Waals surface area contributed by atoms with Gasteiger partial charge in [-0.15, -0.1) is 24.0 Å². The zero-order chi connectivity index (χ0) is 20.5. The first-order valence-corrected chi connectivity index (χ1v) is 10.5. The quantitative estimate of drug-likeness (QED) is 0.240. The van der Waals surface area contributed by atoms with E-state index in [2.05, 4.69) is 67.6 Å². The molecule has 8 heteroatoms. The van der Waals surface area contributed by atoms with Gasteiger partial charge in [0.05, 0.1) is 18.9 Å². The van der Waals surface area contributed by atoms with Crippen LogP contribution in [0.2, 0.25) is 0 Å². The normalized spacial score (nSPS) is 15.0. The smallest absolute Gasteiger partial charge is 0.191 e. The molecule has 1 aromatic heterocycles. The number of hydrogen-bond acceptors (Lipinski definition) is 4. The highest BCUT2D eigenvalue weighted by molar-refractivity contribution is 14.0. The Hall–Kier alpha value is -1.65. The van der Waals surface area contributed by atoms with Crippen LogP contribution in [0.3, 0.4) is 0 Å². The molecule has 166 valence electrons. The van der Waals surface area contributed by atoms with E-state index in [1.807, 2.05) is 14.0 Å². The number of aryl methyl sites for hydroxylation is 3. The van der Waals surface area contributed by atoms with Crippen LogP contribution in [0.15, 0.2) is 35.3 Å². The minimum atomic E-state index is 0. The van der Waals surface area contributed by atoms with E-state index in [9.17, 15) is 0 Å². The molecule has 0 radical (unpaired) electrons. The standard InChI is InChI=1S/C22H34N6O.HI/c1-18-15-19(2)28(26-18)10-4-9-24-22(23-3)25-16-20-5-7-21(8-6-20)17-27-11-13-29-14-12-27;/h5-8,15H,4,9-14,16-17H2,1-3H3,(H2,23,24,25);1H. The third-order valence-corrected chi connectivity index (χ3v) is 5.16. The highest BCUT2D eigenvalue weighted by atomic mass is 127. The van der Waals surface area contributed by atoms with Gasteiger partial charge >= 0.3 is 0 Å². The van der Waals surface area contributed by atoms with Crippen LogP contribution in [0, 0.1) is 13.8 Å². The fourth-order valence-corrected chi connectivity index (χ4v) is 3.52. The van der Waals surface area contributed by atoms with Crippen LogP contribution in [0.25, 0.3) is 0 Å². The van der Waals surface area contributed by atoms with Gasteiger partial charge in [-0.25, -0.2) is 0 Å². The zero-order valence-corrected chi connectivity index (χ0v) is 20.7. The Labute approximate surface area is 197 Å². The predicted molar refractivity (Wildman–Crippen MR) is 132 cm³/mol. The minimum absolute atomic E-state index is 0. The van der Waals surface area contributed by atoms with E-state index in [4.69, 9.17) is 4.74 Å². The van der Waals surface area contributed by atoms with Crippen molar-refractivity contribution in [2.45, 2.75) is 39.9 Å². The lowest BCUT2D eigenvalue weighted by Crippen LogP contribution is -2.37. The molecule has 1 aliphatic heterocycles. The van der Waals surface area contributed by atoms with Crippen molar-refractivity contribution < 1.29 is 4.74 Å². The van der Waals surface area contributed by atoms with Crippen LogP contribution in [0.4, 0.5) is 0 Å². The number of ether oxygens (including phenoxy) is 1. The summed E-state index contributed by atoms with van der Waals surface area (Å²) in [6.07, 6.45) is 0.999. The molecule has 2 heterocycles. The van der Waals surface area contributed by atoms with Crippen LogP contribution in [0.1, 0.15) is 28.9 Å². The number of benzene rings is 1. The lowest BCUT2D eigenvalue weighted by atomic mass is 10.1. The van der Waals surface area contributed by atoms with Crippen molar-refractivity contribution in [3.05, 3.63) is 52.8 Å². The Morgan fingerprint density at radius 2 is 1.80 bits per heavy atom. The maximum absolute atomic E-state index is 5.41. The van der Waals surface area contributed by atoms with E-state index in [0.717, 1.165) is 70.6 Å². The molecule has 1 aromatic carbocycles. The number of aliphatic imine (C=N–C) groups is 1. The second-order valence-electron chi connectivity index (χ2n) is 7.56. The third-order valence-electron chi connectivity index (χ3n) is 5.16. The summed E-state index contributed by atoms with van der Waals surface area (Å²) < 4.78 is 7.47. The summed E-state index contributed by atoms with van der Waals surface area (Å²) in [6, 6.07) is 10.9. The lowest BCUT2D eigenvalue weighted by molar-refractivity contribution is 0.0342. The molecule has 7 nitrogen and oxygen atoms in total. The maximum Gasteiger partial charge on any atom is 0.191 e. The van der Waals surface area contributed by atoms with E-state index in [1.54, 1.807) is 0 Å². The lowest BCUT2D eigenvalue weighted by Gasteiger charge is -2.26. The largest absolute Gasteiger partial charge is 0.379 e. The monoisotopic (exact) mass is 526 g/mol. The number of aromatic nitrogens is 2. The number of nitrogens with one attached hydrogen (secondary N) is 2. The zero-order valence-electron chi connectivity index (χ0n) is 18.4. The van der Waals surface area contributed by atoms with Crippen LogP contribution in [-0.4, -0.2) is 60.5 Å². The minimum Gasteiger partial charge on any atom is -0.379 e. The molecule has 0 aliphatic carbocycles. The first-order chi connectivity index (χ1) is 14.1. The van der Waals surface area contributed by atoms with Crippen molar-refractivity contribution in [3.8, 4) is 0 Å². The third kappa shape index (κ3) is 7.88. The van der Waals surface area contributed by atoms with Crippen molar-refractivity contribution in [1.29, 1.82) is 0 Å². The second-order valence-corrected chi connectivity index (χ2v) is 7.56. The Morgan fingerprint density at radius 1 is 1.10 bits per heavy atom. The van der Waals surface area contributed by atoms with Gasteiger partial charge < -0.3 is 15.4 Å². The number of guanidine groups is 1. The fourth-order valence-electron chi connectivity index (χ4n) is 3.52. The molecule has 1 saturated heterocycles. The highest BCUT2D eigenvalue weighted by Crippen LogP contribution is 2.09. The molecule has 0 spiro atoms. The van der Waals surface area contributed by atoms with Crippen molar-refractivity contribution in [1.82, 2.24) is 25.3 Å². The van der Waals surface area contributed by atoms with Crippen LogP contribution >= 0.6 is 24.0 Å². The van der Waals surface area contributed by atoms with Gasteiger partial charge in [0.15, 0.2) is 5.96 Å². The second kappa shape index (κ2) is 12.9. The molecular weight excluding hydrogens is 491 g/mol. The molecule has 1 aliphatic rings. The van der Waals surface area contributed by atoms with Gasteiger partial charge in [0.1, 0.15) is 0 Å². The number of hydrogen-bond donors (Lipinski definition) is 2. The molecule has 30 heavy (non-hydrogen) atoms. The fraction of sp³-hybridized carbons (Fsp3) is 0.545. The molecule has 0 saturated carbocycles. The molecule has 2 aromatic rings. The van der Waals surface area contributed by atoms with Gasteiger partial charge in [0.2, 0.25) is 0 Å². The number of rotatable bonds is 8. The Balaban J connectivity index is 0.00000320. The van der Waals surface area contributed by atoms with Gasteiger partial charge in [-0.1, -0.05) is 24.3 Å². The average molecular weight is 526 g/mol. The summed E-state index contributed by atoms with van der Waals surface area (Å²) in [5.74, 6) is 0.829. The molecule has 3 rings (SSSR count). The number of nitrogens with zero attached hydrogens (tertiary/aromatic N) is 4. The van der Waals surface area contributed by atoms with E-state index in [1.165, 1.54) is 16.8 Å². The molecule has 1 fully saturated rings. The van der Waals surface area contributed by atoms with Crippen LogP contribution in [0.5, 0.6) is 0 Å². The van der Waals surface area contributed by atoms with Crippen LogP contribution < -0.4 is 10.6 Å². The predicted octanol–water partition coefficient (Wildman–Crippen LogP) is 2.71. The van der Waals surface area contributed by atoms with Crippen molar-refractivity contribution in [2.75, 3.05) is 39.9 Å².